The van der Waals surface area contributed by atoms with E-state index in [1.54, 1.807) is 12.1 Å². The SMILES string of the molecule is CCN(CC)c1ccc2cc(N3CC(c4ccc(N5CCOCCOCCOCCOCCOCC5)c(OCCOC)c4)N=N3)c(=O)oc2c1. The van der Waals surface area contributed by atoms with E-state index in [0.29, 0.717) is 116 Å². The van der Waals surface area contributed by atoms with Gasteiger partial charge in [0, 0.05) is 50.4 Å². The Kier molecular flexibility index (Phi) is 15.1. The first kappa shape index (κ1) is 37.5. The lowest BCUT2D eigenvalue weighted by Gasteiger charge is -2.27. The van der Waals surface area contributed by atoms with Crippen molar-refractivity contribution in [2.75, 3.05) is 134 Å². The van der Waals surface area contributed by atoms with E-state index in [9.17, 15) is 4.79 Å². The van der Waals surface area contributed by atoms with Crippen LogP contribution in [0.1, 0.15) is 25.5 Å². The van der Waals surface area contributed by atoms with Gasteiger partial charge in [0.25, 0.3) is 0 Å². The third kappa shape index (κ3) is 10.6. The zero-order chi connectivity index (χ0) is 35.0. The molecule has 5 rings (SSSR count). The molecule has 0 bridgehead atoms. The van der Waals surface area contributed by atoms with Gasteiger partial charge in [0.2, 0.25) is 0 Å². The second-order valence-electron chi connectivity index (χ2n) is 11.7. The lowest BCUT2D eigenvalue weighted by atomic mass is 10.1. The average Bonchev–Trinajstić information content (AvgIpc) is 3.62. The summed E-state index contributed by atoms with van der Waals surface area (Å²) >= 11 is 0. The third-order valence-corrected chi connectivity index (χ3v) is 8.51. The van der Waals surface area contributed by atoms with Crippen LogP contribution in [0.2, 0.25) is 0 Å². The lowest BCUT2D eigenvalue weighted by molar-refractivity contribution is -0.0116. The number of nitrogens with zero attached hydrogens (tertiary/aromatic N) is 5. The van der Waals surface area contributed by atoms with Crippen LogP contribution in [0.3, 0.4) is 0 Å². The van der Waals surface area contributed by atoms with Crippen LogP contribution in [0, 0.1) is 0 Å². The zero-order valence-electron chi connectivity index (χ0n) is 29.5. The molecular weight excluding hydrogens is 646 g/mol. The molecule has 3 aromatic rings. The molecule has 1 saturated heterocycles. The van der Waals surface area contributed by atoms with E-state index < -0.39 is 5.63 Å². The van der Waals surface area contributed by atoms with Crippen LogP contribution in [0.5, 0.6) is 5.75 Å². The predicted molar refractivity (Wildman–Crippen MR) is 191 cm³/mol. The summed E-state index contributed by atoms with van der Waals surface area (Å²) in [6.45, 7) is 13.4. The van der Waals surface area contributed by atoms with Gasteiger partial charge in [0.1, 0.15) is 29.7 Å². The van der Waals surface area contributed by atoms with Crippen LogP contribution in [0.4, 0.5) is 17.1 Å². The Morgan fingerprint density at radius 3 is 2.04 bits per heavy atom. The summed E-state index contributed by atoms with van der Waals surface area (Å²) in [6, 6.07) is 13.5. The van der Waals surface area contributed by atoms with Gasteiger partial charge in [-0.3, -0.25) is 0 Å². The number of fused-ring (bicyclic) bond motifs is 1. The molecule has 0 amide bonds. The second kappa shape index (κ2) is 20.2. The van der Waals surface area contributed by atoms with Gasteiger partial charge < -0.3 is 47.4 Å². The van der Waals surface area contributed by atoms with Gasteiger partial charge in [-0.2, -0.15) is 5.11 Å². The van der Waals surface area contributed by atoms with E-state index in [1.165, 1.54) is 0 Å². The van der Waals surface area contributed by atoms with Crippen molar-refractivity contribution in [1.82, 2.24) is 0 Å². The third-order valence-electron chi connectivity index (χ3n) is 8.51. The van der Waals surface area contributed by atoms with Crippen molar-refractivity contribution in [3.05, 3.63) is 58.4 Å². The van der Waals surface area contributed by atoms with E-state index in [2.05, 4.69) is 34.0 Å². The van der Waals surface area contributed by atoms with Crippen LogP contribution in [-0.2, 0) is 28.4 Å². The topological polar surface area (TPSA) is 129 Å². The normalized spacial score (nSPS) is 19.0. The smallest absolute Gasteiger partial charge is 0.362 e. The average molecular weight is 698 g/mol. The molecule has 274 valence electrons. The highest BCUT2D eigenvalue weighted by Crippen LogP contribution is 2.36. The number of benzene rings is 2. The Morgan fingerprint density at radius 2 is 1.42 bits per heavy atom. The maximum absolute atomic E-state index is 13.1. The number of hydrogen-bond acceptors (Lipinski definition) is 14. The van der Waals surface area contributed by atoms with E-state index in [-0.39, 0.29) is 6.04 Å². The molecule has 1 fully saturated rings. The fourth-order valence-electron chi connectivity index (χ4n) is 5.77. The highest BCUT2D eigenvalue weighted by atomic mass is 16.6. The minimum Gasteiger partial charge on any atom is -0.489 e. The lowest BCUT2D eigenvalue weighted by Crippen LogP contribution is -2.32. The van der Waals surface area contributed by atoms with Crippen molar-refractivity contribution in [1.29, 1.82) is 0 Å². The monoisotopic (exact) mass is 697 g/mol. The first-order valence-corrected chi connectivity index (χ1v) is 17.5. The molecule has 1 atom stereocenters. The molecule has 2 aliphatic heterocycles. The van der Waals surface area contributed by atoms with Gasteiger partial charge >= 0.3 is 5.63 Å². The molecule has 14 nitrogen and oxygen atoms in total. The van der Waals surface area contributed by atoms with E-state index in [0.717, 1.165) is 35.4 Å². The van der Waals surface area contributed by atoms with E-state index in [4.69, 9.17) is 37.6 Å². The van der Waals surface area contributed by atoms with Crippen LogP contribution >= 0.6 is 0 Å². The standard InChI is InChI=1S/C36H51N5O9/c1-4-39(5-2)30-8-6-29-24-33(36(42)50-34(29)26-30)41-27-31(37-38-41)28-7-9-32(35(25-28)49-23-14-43-3)40-10-12-44-15-17-46-19-21-48-22-20-47-18-16-45-13-11-40/h6-9,24-26,31H,4-5,10-23,27H2,1-3H3. The van der Waals surface area contributed by atoms with Gasteiger partial charge in [-0.25, -0.2) is 9.80 Å². The first-order valence-electron chi connectivity index (χ1n) is 17.5. The Morgan fingerprint density at radius 1 is 0.780 bits per heavy atom. The van der Waals surface area contributed by atoms with Crippen molar-refractivity contribution in [3.8, 4) is 5.75 Å². The number of methoxy groups -OCH3 is 1. The molecule has 1 unspecified atom stereocenters. The van der Waals surface area contributed by atoms with Crippen molar-refractivity contribution < 1.29 is 37.6 Å². The van der Waals surface area contributed by atoms with Crippen molar-refractivity contribution >= 4 is 28.0 Å². The maximum Gasteiger partial charge on any atom is 0.362 e. The molecule has 14 heteroatoms. The van der Waals surface area contributed by atoms with Crippen LogP contribution in [-0.4, -0.2) is 119 Å². The van der Waals surface area contributed by atoms with Crippen LogP contribution < -0.4 is 25.2 Å². The van der Waals surface area contributed by atoms with Gasteiger partial charge in [-0.05, 0) is 49.7 Å². The van der Waals surface area contributed by atoms with Gasteiger partial charge in [0.05, 0.1) is 84.9 Å². The number of anilines is 3. The summed E-state index contributed by atoms with van der Waals surface area (Å²) in [5.74, 6) is 0.691. The van der Waals surface area contributed by atoms with Crippen molar-refractivity contribution in [2.45, 2.75) is 19.9 Å². The molecule has 50 heavy (non-hydrogen) atoms. The Balaban J connectivity index is 1.30. The minimum atomic E-state index is -0.455. The molecule has 0 spiro atoms. The van der Waals surface area contributed by atoms with Crippen molar-refractivity contribution in [3.63, 3.8) is 0 Å². The molecule has 2 aromatic carbocycles. The van der Waals surface area contributed by atoms with Crippen molar-refractivity contribution in [2.24, 2.45) is 10.3 Å². The summed E-state index contributed by atoms with van der Waals surface area (Å²) < 4.78 is 45.8. The number of rotatable bonds is 10. The minimum absolute atomic E-state index is 0.314. The highest BCUT2D eigenvalue weighted by Gasteiger charge is 2.27. The summed E-state index contributed by atoms with van der Waals surface area (Å²) in [7, 11) is 1.64. The highest BCUT2D eigenvalue weighted by molar-refractivity contribution is 5.83. The molecule has 3 heterocycles. The first-order chi connectivity index (χ1) is 24.6. The Bertz CT molecular complexity index is 1530. The Labute approximate surface area is 293 Å². The fourth-order valence-corrected chi connectivity index (χ4v) is 5.77. The summed E-state index contributed by atoms with van der Waals surface area (Å²) in [5, 5.41) is 11.3. The Hall–Kier alpha value is -3.79. The maximum atomic E-state index is 13.1. The second-order valence-corrected chi connectivity index (χ2v) is 11.7. The molecule has 1 aromatic heterocycles. The van der Waals surface area contributed by atoms with Gasteiger partial charge in [-0.15, -0.1) is 0 Å². The number of ether oxygens (including phenoxy) is 7. The number of hydrogen-bond donors (Lipinski definition) is 0. The van der Waals surface area contributed by atoms with E-state index in [1.807, 2.05) is 42.5 Å². The molecule has 0 aliphatic carbocycles. The van der Waals surface area contributed by atoms with Crippen LogP contribution in [0.25, 0.3) is 11.0 Å². The zero-order valence-corrected chi connectivity index (χ0v) is 29.5. The summed E-state index contributed by atoms with van der Waals surface area (Å²) in [5.41, 5.74) is 3.27. The van der Waals surface area contributed by atoms with Crippen LogP contribution in [0.15, 0.2) is 62.0 Å². The largest absolute Gasteiger partial charge is 0.489 e. The fraction of sp³-hybridized carbons (Fsp3) is 0.583. The summed E-state index contributed by atoms with van der Waals surface area (Å²) in [4.78, 5) is 17.5. The van der Waals surface area contributed by atoms with E-state index >= 15 is 0 Å². The molecule has 0 saturated carbocycles. The summed E-state index contributed by atoms with van der Waals surface area (Å²) in [6.07, 6.45) is 0. The van der Waals surface area contributed by atoms with Gasteiger partial charge in [-0.1, -0.05) is 11.3 Å². The predicted octanol–water partition coefficient (Wildman–Crippen LogP) is 4.50. The molecular formula is C36H51N5O9. The molecule has 2 aliphatic rings. The molecule has 0 N–H and O–H groups in total. The quantitative estimate of drug-likeness (QED) is 0.219. The molecule has 0 radical (unpaired) electrons. The van der Waals surface area contributed by atoms with Gasteiger partial charge in [0.15, 0.2) is 0 Å².